The van der Waals surface area contributed by atoms with Crippen molar-refractivity contribution >= 4 is 33.1 Å². The highest BCUT2D eigenvalue weighted by Crippen LogP contribution is 2.35. The van der Waals surface area contributed by atoms with Gasteiger partial charge in [-0.15, -0.1) is 16.4 Å². The molecule has 1 aliphatic carbocycles. The summed E-state index contributed by atoms with van der Waals surface area (Å²) >= 11 is 1.56. The standard InChI is InChI=1S/C20H22N4O2S/c1-11-4-7-15-16(8-11)27-19-18(15)20(26)24(23-22-19)10-17(25)21-14-6-5-12(2)13(3)9-14/h5-6,9,11H,4,7-8,10H2,1-3H3,(H,21,25)/t11-/m1/s1. The zero-order valence-electron chi connectivity index (χ0n) is 15.7. The summed E-state index contributed by atoms with van der Waals surface area (Å²) in [7, 11) is 0. The quantitative estimate of drug-likeness (QED) is 0.754. The van der Waals surface area contributed by atoms with Gasteiger partial charge in [-0.25, -0.2) is 4.68 Å². The second-order valence-electron chi connectivity index (χ2n) is 7.43. The molecule has 0 aliphatic heterocycles. The molecule has 0 saturated carbocycles. The summed E-state index contributed by atoms with van der Waals surface area (Å²) < 4.78 is 1.17. The average Bonchev–Trinajstić information content (AvgIpc) is 2.98. The van der Waals surface area contributed by atoms with E-state index in [9.17, 15) is 9.59 Å². The number of aromatic nitrogens is 3. The molecule has 0 bridgehead atoms. The Morgan fingerprint density at radius 3 is 2.93 bits per heavy atom. The van der Waals surface area contributed by atoms with Gasteiger partial charge in [0.15, 0.2) is 4.83 Å². The van der Waals surface area contributed by atoms with Crippen molar-refractivity contribution in [3.63, 3.8) is 0 Å². The molecular formula is C20H22N4O2S. The number of aryl methyl sites for hydroxylation is 3. The van der Waals surface area contributed by atoms with Crippen molar-refractivity contribution in [3.8, 4) is 0 Å². The Kier molecular flexibility index (Phi) is 4.55. The molecule has 0 unspecified atom stereocenters. The number of hydrogen-bond acceptors (Lipinski definition) is 5. The molecule has 0 spiro atoms. The first-order valence-electron chi connectivity index (χ1n) is 9.17. The fourth-order valence-corrected chi connectivity index (χ4v) is 4.87. The lowest BCUT2D eigenvalue weighted by Gasteiger charge is -2.17. The van der Waals surface area contributed by atoms with E-state index >= 15 is 0 Å². The topological polar surface area (TPSA) is 76.9 Å². The van der Waals surface area contributed by atoms with Crippen LogP contribution in [0.15, 0.2) is 23.0 Å². The lowest BCUT2D eigenvalue weighted by Crippen LogP contribution is -2.30. The van der Waals surface area contributed by atoms with Gasteiger partial charge in [-0.1, -0.05) is 18.2 Å². The lowest BCUT2D eigenvalue weighted by molar-refractivity contribution is -0.117. The molecule has 0 saturated heterocycles. The van der Waals surface area contributed by atoms with Crippen LogP contribution in [-0.4, -0.2) is 20.9 Å². The molecular weight excluding hydrogens is 360 g/mol. The van der Waals surface area contributed by atoms with Gasteiger partial charge in [0.25, 0.3) is 5.56 Å². The third-order valence-electron chi connectivity index (χ3n) is 5.27. The van der Waals surface area contributed by atoms with Gasteiger partial charge in [-0.3, -0.25) is 9.59 Å². The van der Waals surface area contributed by atoms with Gasteiger partial charge >= 0.3 is 0 Å². The third kappa shape index (κ3) is 3.39. The van der Waals surface area contributed by atoms with E-state index < -0.39 is 0 Å². The number of carbonyl (C=O) groups excluding carboxylic acids is 1. The van der Waals surface area contributed by atoms with E-state index in [0.29, 0.717) is 21.8 Å². The second-order valence-corrected chi connectivity index (χ2v) is 8.51. The van der Waals surface area contributed by atoms with Crippen molar-refractivity contribution < 1.29 is 4.79 Å². The molecule has 1 N–H and O–H groups in total. The number of fused-ring (bicyclic) bond motifs is 3. The van der Waals surface area contributed by atoms with Gasteiger partial charge in [-0.05, 0) is 67.9 Å². The number of nitrogens with one attached hydrogen (secondary N) is 1. The fourth-order valence-electron chi connectivity index (χ4n) is 3.55. The van der Waals surface area contributed by atoms with E-state index in [0.717, 1.165) is 36.0 Å². The van der Waals surface area contributed by atoms with Gasteiger partial charge in [0.05, 0.1) is 5.39 Å². The highest BCUT2D eigenvalue weighted by Gasteiger charge is 2.24. The Hall–Kier alpha value is -2.54. The first-order valence-corrected chi connectivity index (χ1v) is 9.99. The first-order chi connectivity index (χ1) is 12.9. The van der Waals surface area contributed by atoms with Crippen LogP contribution in [-0.2, 0) is 24.2 Å². The zero-order valence-corrected chi connectivity index (χ0v) is 16.5. The Labute approximate surface area is 161 Å². The maximum Gasteiger partial charge on any atom is 0.279 e. The molecule has 7 heteroatoms. The Morgan fingerprint density at radius 1 is 1.33 bits per heavy atom. The van der Waals surface area contributed by atoms with Crippen molar-refractivity contribution in [2.24, 2.45) is 5.92 Å². The van der Waals surface area contributed by atoms with E-state index in [1.54, 1.807) is 11.3 Å². The molecule has 1 aliphatic rings. The van der Waals surface area contributed by atoms with Gasteiger partial charge < -0.3 is 5.32 Å². The van der Waals surface area contributed by atoms with E-state index in [2.05, 4.69) is 22.6 Å². The Morgan fingerprint density at radius 2 is 2.15 bits per heavy atom. The summed E-state index contributed by atoms with van der Waals surface area (Å²) in [5.74, 6) is 0.344. The lowest BCUT2D eigenvalue weighted by atomic mass is 9.89. The normalized spacial score (nSPS) is 16.3. The monoisotopic (exact) mass is 382 g/mol. The van der Waals surface area contributed by atoms with Crippen molar-refractivity contribution in [3.05, 3.63) is 50.1 Å². The van der Waals surface area contributed by atoms with Crippen LogP contribution in [0, 0.1) is 19.8 Å². The summed E-state index contributed by atoms with van der Waals surface area (Å²) in [6.07, 6.45) is 2.96. The molecule has 0 fully saturated rings. The smallest absolute Gasteiger partial charge is 0.279 e. The van der Waals surface area contributed by atoms with Gasteiger partial charge in [0.1, 0.15) is 6.54 Å². The predicted molar refractivity (Wildman–Crippen MR) is 107 cm³/mol. The molecule has 27 heavy (non-hydrogen) atoms. The number of anilines is 1. The van der Waals surface area contributed by atoms with Crippen molar-refractivity contribution in [2.45, 2.75) is 46.6 Å². The highest BCUT2D eigenvalue weighted by molar-refractivity contribution is 7.18. The molecule has 1 amide bonds. The number of nitrogens with zero attached hydrogens (tertiary/aromatic N) is 3. The molecule has 140 valence electrons. The number of rotatable bonds is 3. The Balaban J connectivity index is 1.60. The molecule has 2 aromatic heterocycles. The third-order valence-corrected chi connectivity index (χ3v) is 6.41. The van der Waals surface area contributed by atoms with Crippen LogP contribution in [0.5, 0.6) is 0 Å². The zero-order chi connectivity index (χ0) is 19.1. The average molecular weight is 382 g/mol. The van der Waals surface area contributed by atoms with Gasteiger partial charge in [0, 0.05) is 10.6 Å². The van der Waals surface area contributed by atoms with Crippen LogP contribution in [0.4, 0.5) is 5.69 Å². The fraction of sp³-hybridized carbons (Fsp3) is 0.400. The minimum Gasteiger partial charge on any atom is -0.324 e. The van der Waals surface area contributed by atoms with Crippen molar-refractivity contribution in [1.29, 1.82) is 0 Å². The summed E-state index contributed by atoms with van der Waals surface area (Å²) in [4.78, 5) is 27.2. The molecule has 1 aromatic carbocycles. The number of carbonyl (C=O) groups is 1. The number of thiophene rings is 1. The summed E-state index contributed by atoms with van der Waals surface area (Å²) in [6, 6.07) is 5.73. The number of benzene rings is 1. The van der Waals surface area contributed by atoms with Crippen LogP contribution in [0.1, 0.15) is 34.9 Å². The molecule has 3 aromatic rings. The second kappa shape index (κ2) is 6.88. The van der Waals surface area contributed by atoms with E-state index in [1.807, 2.05) is 32.0 Å². The van der Waals surface area contributed by atoms with Gasteiger partial charge in [0.2, 0.25) is 5.91 Å². The largest absolute Gasteiger partial charge is 0.324 e. The van der Waals surface area contributed by atoms with Crippen LogP contribution in [0.2, 0.25) is 0 Å². The summed E-state index contributed by atoms with van der Waals surface area (Å²) in [5, 5.41) is 11.7. The predicted octanol–water partition coefficient (Wildman–Crippen LogP) is 3.23. The van der Waals surface area contributed by atoms with Gasteiger partial charge in [-0.2, -0.15) is 0 Å². The molecule has 1 atom stereocenters. The maximum atomic E-state index is 12.9. The van der Waals surface area contributed by atoms with Crippen LogP contribution < -0.4 is 10.9 Å². The molecule has 6 nitrogen and oxygen atoms in total. The van der Waals surface area contributed by atoms with E-state index in [-0.39, 0.29) is 18.0 Å². The van der Waals surface area contributed by atoms with Crippen LogP contribution in [0.25, 0.3) is 10.2 Å². The van der Waals surface area contributed by atoms with E-state index in [1.165, 1.54) is 9.56 Å². The molecule has 4 rings (SSSR count). The SMILES string of the molecule is Cc1ccc(NC(=O)Cn2nnc3sc4c(c3c2=O)CC[C@@H](C)C4)cc1C. The summed E-state index contributed by atoms with van der Waals surface area (Å²) in [6.45, 7) is 6.10. The Bertz CT molecular complexity index is 1100. The van der Waals surface area contributed by atoms with Crippen molar-refractivity contribution in [1.82, 2.24) is 15.0 Å². The van der Waals surface area contributed by atoms with Crippen LogP contribution >= 0.6 is 11.3 Å². The molecule has 0 radical (unpaired) electrons. The van der Waals surface area contributed by atoms with Crippen LogP contribution in [0.3, 0.4) is 0 Å². The minimum absolute atomic E-state index is 0.143. The number of amides is 1. The minimum atomic E-state index is -0.285. The molecule has 2 heterocycles. The highest BCUT2D eigenvalue weighted by atomic mass is 32.1. The van der Waals surface area contributed by atoms with Crippen molar-refractivity contribution in [2.75, 3.05) is 5.32 Å². The number of hydrogen-bond donors (Lipinski definition) is 1. The maximum absolute atomic E-state index is 12.9. The van der Waals surface area contributed by atoms with E-state index in [4.69, 9.17) is 0 Å². The summed E-state index contributed by atoms with van der Waals surface area (Å²) in [5.41, 5.74) is 3.87. The first kappa shape index (κ1) is 17.9.